The number of carbonyl (C=O) groups is 1. The molecule has 0 heterocycles. The van der Waals surface area contributed by atoms with E-state index in [-0.39, 0.29) is 27.3 Å². The first-order valence-electron chi connectivity index (χ1n) is 8.64. The zero-order valence-corrected chi connectivity index (χ0v) is 18.2. The van der Waals surface area contributed by atoms with Gasteiger partial charge in [-0.2, -0.15) is 0 Å². The van der Waals surface area contributed by atoms with Gasteiger partial charge in [-0.1, -0.05) is 70.4 Å². The van der Waals surface area contributed by atoms with Crippen molar-refractivity contribution in [1.82, 2.24) is 0 Å². The molecule has 3 heteroatoms. The van der Waals surface area contributed by atoms with Gasteiger partial charge in [-0.3, -0.25) is 4.79 Å². The maximum absolute atomic E-state index is 10.3. The summed E-state index contributed by atoms with van der Waals surface area (Å²) in [5, 5.41) is 8.51. The Kier molecular flexibility index (Phi) is 22.4. The van der Waals surface area contributed by atoms with Gasteiger partial charge in [0.1, 0.15) is 0 Å². The van der Waals surface area contributed by atoms with Crippen molar-refractivity contribution in [2.24, 2.45) is 0 Å². The van der Waals surface area contributed by atoms with Crippen molar-refractivity contribution in [3.05, 3.63) is 12.2 Å². The average molecular weight is 395 g/mol. The van der Waals surface area contributed by atoms with Crippen molar-refractivity contribution < 1.29 is 37.2 Å². The molecular formula is C18H34CdO2. The van der Waals surface area contributed by atoms with Crippen LogP contribution in [0.2, 0.25) is 0 Å². The first-order chi connectivity index (χ1) is 9.77. The van der Waals surface area contributed by atoms with Gasteiger partial charge in [-0.25, -0.2) is 0 Å². The maximum atomic E-state index is 10.3. The Bertz CT molecular complexity index is 239. The molecule has 0 saturated carbocycles. The van der Waals surface area contributed by atoms with Crippen LogP contribution in [-0.4, -0.2) is 11.1 Å². The van der Waals surface area contributed by atoms with Crippen LogP contribution < -0.4 is 0 Å². The van der Waals surface area contributed by atoms with E-state index in [1.807, 2.05) is 0 Å². The molecule has 0 aliphatic heterocycles. The molecule has 0 fully saturated rings. The third kappa shape index (κ3) is 22.6. The summed E-state index contributed by atoms with van der Waals surface area (Å²) >= 11 is 0. The summed E-state index contributed by atoms with van der Waals surface area (Å²) in [6.07, 6.45) is 21.2. The summed E-state index contributed by atoms with van der Waals surface area (Å²) in [6.45, 7) is 2.26. The van der Waals surface area contributed by atoms with Crippen LogP contribution in [0.5, 0.6) is 0 Å². The number of hydrogen-bond acceptors (Lipinski definition) is 1. The fourth-order valence-corrected chi connectivity index (χ4v) is 2.35. The monoisotopic (exact) mass is 396 g/mol. The molecule has 0 amide bonds. The summed E-state index contributed by atoms with van der Waals surface area (Å²) in [5.74, 6) is -0.664. The van der Waals surface area contributed by atoms with E-state index in [1.54, 1.807) is 0 Å². The van der Waals surface area contributed by atoms with Crippen molar-refractivity contribution in [2.75, 3.05) is 0 Å². The molecule has 120 valence electrons. The number of allylic oxidation sites excluding steroid dienone is 2. The molecule has 1 N–H and O–H groups in total. The van der Waals surface area contributed by atoms with Crippen LogP contribution in [-0.2, 0) is 32.1 Å². The molecule has 0 atom stereocenters. The zero-order chi connectivity index (χ0) is 14.9. The first-order valence-corrected chi connectivity index (χ1v) is 8.64. The van der Waals surface area contributed by atoms with E-state index >= 15 is 0 Å². The summed E-state index contributed by atoms with van der Waals surface area (Å²) in [7, 11) is 0. The minimum atomic E-state index is -0.664. The van der Waals surface area contributed by atoms with E-state index in [2.05, 4.69) is 19.1 Å². The summed E-state index contributed by atoms with van der Waals surface area (Å²) in [4.78, 5) is 10.3. The van der Waals surface area contributed by atoms with Crippen LogP contribution in [0, 0.1) is 0 Å². The van der Waals surface area contributed by atoms with Gasteiger partial charge >= 0.3 is 5.97 Å². The van der Waals surface area contributed by atoms with Crippen molar-refractivity contribution in [3.8, 4) is 0 Å². The predicted octanol–water partition coefficient (Wildman–Crippen LogP) is 6.11. The fourth-order valence-electron chi connectivity index (χ4n) is 2.35. The summed E-state index contributed by atoms with van der Waals surface area (Å²) in [6, 6.07) is 0. The number of unbranched alkanes of at least 4 members (excludes halogenated alkanes) is 11. The smallest absolute Gasteiger partial charge is 0.303 e. The summed E-state index contributed by atoms with van der Waals surface area (Å²) < 4.78 is 0. The molecule has 0 radical (unpaired) electrons. The molecule has 0 aromatic rings. The van der Waals surface area contributed by atoms with Gasteiger partial charge in [-0.05, 0) is 32.1 Å². The second-order valence-electron chi connectivity index (χ2n) is 5.73. The Morgan fingerprint density at radius 3 is 1.67 bits per heavy atom. The van der Waals surface area contributed by atoms with Crippen molar-refractivity contribution >= 4 is 5.97 Å². The SMILES string of the molecule is CCCCCCCCC=CCCCCCCCC(=O)O.[Cd]. The molecule has 0 aromatic heterocycles. The Hall–Kier alpha value is 0.132. The standard InChI is InChI=1S/C18H34O2.Cd/c1-2-3-4-5-6-7-8-9-10-11-12-13-14-15-16-17-18(19)20;/h9-10H,2-8,11-17H2,1H3,(H,19,20);. The van der Waals surface area contributed by atoms with E-state index in [0.29, 0.717) is 6.42 Å². The van der Waals surface area contributed by atoms with Crippen molar-refractivity contribution in [1.29, 1.82) is 0 Å². The molecule has 0 aliphatic carbocycles. The maximum Gasteiger partial charge on any atom is 0.303 e. The minimum Gasteiger partial charge on any atom is -0.481 e. The zero-order valence-electron chi connectivity index (χ0n) is 14.1. The van der Waals surface area contributed by atoms with Crippen molar-refractivity contribution in [2.45, 2.75) is 96.8 Å². The number of rotatable bonds is 15. The largest absolute Gasteiger partial charge is 0.481 e. The molecular weight excluding hydrogens is 361 g/mol. The Labute approximate surface area is 151 Å². The molecule has 0 unspecified atom stereocenters. The first kappa shape index (κ1) is 23.4. The van der Waals surface area contributed by atoms with Crippen LogP contribution in [0.15, 0.2) is 12.2 Å². The molecule has 0 rings (SSSR count). The van der Waals surface area contributed by atoms with Gasteiger partial charge in [0.05, 0.1) is 0 Å². The quantitative estimate of drug-likeness (QED) is 0.207. The number of aliphatic carboxylic acids is 1. The van der Waals surface area contributed by atoms with Crippen LogP contribution in [0.25, 0.3) is 0 Å². The van der Waals surface area contributed by atoms with Gasteiger partial charge in [0.15, 0.2) is 0 Å². The molecule has 0 aromatic carbocycles. The Morgan fingerprint density at radius 1 is 0.762 bits per heavy atom. The van der Waals surface area contributed by atoms with Crippen LogP contribution in [0.1, 0.15) is 96.8 Å². The minimum absolute atomic E-state index is 0. The molecule has 0 saturated heterocycles. The van der Waals surface area contributed by atoms with E-state index < -0.39 is 5.97 Å². The molecule has 21 heavy (non-hydrogen) atoms. The molecule has 0 bridgehead atoms. The third-order valence-corrected chi connectivity index (χ3v) is 3.65. The van der Waals surface area contributed by atoms with Gasteiger partial charge in [0, 0.05) is 33.7 Å². The number of hydrogen-bond donors (Lipinski definition) is 1. The number of carboxylic acids is 1. The van der Waals surface area contributed by atoms with E-state index in [1.165, 1.54) is 70.6 Å². The topological polar surface area (TPSA) is 37.3 Å². The van der Waals surface area contributed by atoms with E-state index in [4.69, 9.17) is 5.11 Å². The average Bonchev–Trinajstić information content (AvgIpc) is 2.43. The fraction of sp³-hybridized carbons (Fsp3) is 0.833. The second-order valence-corrected chi connectivity index (χ2v) is 5.73. The summed E-state index contributed by atoms with van der Waals surface area (Å²) in [5.41, 5.74) is 0. The molecule has 0 aliphatic rings. The van der Waals surface area contributed by atoms with Crippen LogP contribution >= 0.6 is 0 Å². The van der Waals surface area contributed by atoms with E-state index in [0.717, 1.165) is 12.8 Å². The Morgan fingerprint density at radius 2 is 1.19 bits per heavy atom. The van der Waals surface area contributed by atoms with Crippen molar-refractivity contribution in [3.63, 3.8) is 0 Å². The third-order valence-electron chi connectivity index (χ3n) is 3.65. The Balaban J connectivity index is 0. The van der Waals surface area contributed by atoms with Gasteiger partial charge in [0.2, 0.25) is 0 Å². The van der Waals surface area contributed by atoms with Crippen LogP contribution in [0.3, 0.4) is 0 Å². The molecule has 2 nitrogen and oxygen atoms in total. The second kappa shape index (κ2) is 20.1. The van der Waals surface area contributed by atoms with E-state index in [9.17, 15) is 4.79 Å². The predicted molar refractivity (Wildman–Crippen MR) is 87.1 cm³/mol. The van der Waals surface area contributed by atoms with Gasteiger partial charge < -0.3 is 5.11 Å². The van der Waals surface area contributed by atoms with Gasteiger partial charge in [-0.15, -0.1) is 0 Å². The normalized spacial score (nSPS) is 10.7. The number of carboxylic acid groups (broad SMARTS) is 1. The van der Waals surface area contributed by atoms with Gasteiger partial charge in [0.25, 0.3) is 0 Å². The molecule has 0 spiro atoms. The van der Waals surface area contributed by atoms with Crippen LogP contribution in [0.4, 0.5) is 0 Å².